The molecule has 0 aliphatic carbocycles. The zero-order valence-corrected chi connectivity index (χ0v) is 27.1. The van der Waals surface area contributed by atoms with Crippen LogP contribution in [0.15, 0.2) is 42.5 Å². The minimum Gasteiger partial charge on any atom is -0.490 e. The van der Waals surface area contributed by atoms with Crippen molar-refractivity contribution >= 4 is 11.6 Å². The Morgan fingerprint density at radius 2 is 1.77 bits per heavy atom. The van der Waals surface area contributed by atoms with Crippen LogP contribution in [-0.4, -0.2) is 85.4 Å². The second-order valence-electron chi connectivity index (χ2n) is 11.8. The van der Waals surface area contributed by atoms with E-state index in [-0.39, 0.29) is 29.8 Å². The van der Waals surface area contributed by atoms with Crippen LogP contribution in [0.4, 0.5) is 5.69 Å². The Labute approximate surface area is 263 Å². The lowest BCUT2D eigenvalue weighted by molar-refractivity contribution is -0.125. The van der Waals surface area contributed by atoms with E-state index in [1.165, 1.54) is 5.56 Å². The highest BCUT2D eigenvalue weighted by Crippen LogP contribution is 2.35. The third-order valence-corrected chi connectivity index (χ3v) is 8.84. The fourth-order valence-electron chi connectivity index (χ4n) is 6.26. The highest BCUT2D eigenvalue weighted by molar-refractivity contribution is 5.78. The van der Waals surface area contributed by atoms with Gasteiger partial charge in [-0.25, -0.2) is 0 Å². The first kappa shape index (κ1) is 34.2. The summed E-state index contributed by atoms with van der Waals surface area (Å²) in [4.78, 5) is 15.3. The van der Waals surface area contributed by atoms with Gasteiger partial charge in [-0.15, -0.1) is 0 Å². The van der Waals surface area contributed by atoms with E-state index in [0.29, 0.717) is 39.6 Å². The van der Waals surface area contributed by atoms with E-state index in [0.717, 1.165) is 74.6 Å². The molecule has 0 saturated carbocycles. The quantitative estimate of drug-likeness (QED) is 0.238. The Morgan fingerprint density at radius 3 is 2.52 bits per heavy atom. The summed E-state index contributed by atoms with van der Waals surface area (Å²) in [5.74, 6) is 1.45. The summed E-state index contributed by atoms with van der Waals surface area (Å²) in [6.45, 7) is 11.8. The van der Waals surface area contributed by atoms with Gasteiger partial charge in [0.05, 0.1) is 44.8 Å². The number of amides is 1. The molecule has 2 N–H and O–H groups in total. The van der Waals surface area contributed by atoms with Crippen molar-refractivity contribution in [1.29, 1.82) is 0 Å². The van der Waals surface area contributed by atoms with Gasteiger partial charge in [0.15, 0.2) is 0 Å². The SMILES string of the molecule is CCC(CC)C(=O)NC[C@@H]1CNC[C@H](OCc2ccc3c(c2)N(CCCOC)CCO3)[C@H]1c1ccc(COCCOC)cc1. The molecule has 2 aromatic carbocycles. The van der Waals surface area contributed by atoms with Crippen LogP contribution in [0.1, 0.15) is 55.7 Å². The second-order valence-corrected chi connectivity index (χ2v) is 11.8. The summed E-state index contributed by atoms with van der Waals surface area (Å²) in [6.07, 6.45) is 2.63. The molecule has 1 saturated heterocycles. The maximum atomic E-state index is 12.9. The van der Waals surface area contributed by atoms with Crippen molar-refractivity contribution < 1.29 is 28.5 Å². The maximum absolute atomic E-state index is 12.9. The number of benzene rings is 2. The molecular weight excluding hydrogens is 558 g/mol. The van der Waals surface area contributed by atoms with Crippen molar-refractivity contribution in [2.45, 2.75) is 58.3 Å². The highest BCUT2D eigenvalue weighted by atomic mass is 16.5. The van der Waals surface area contributed by atoms with Gasteiger partial charge in [0.2, 0.25) is 5.91 Å². The fourth-order valence-corrected chi connectivity index (χ4v) is 6.26. The van der Waals surface area contributed by atoms with Crippen LogP contribution in [-0.2, 0) is 37.0 Å². The molecule has 0 unspecified atom stereocenters. The molecule has 2 heterocycles. The number of carbonyl (C=O) groups is 1. The lowest BCUT2D eigenvalue weighted by atomic mass is 9.78. The third-order valence-electron chi connectivity index (χ3n) is 8.84. The molecule has 0 spiro atoms. The van der Waals surface area contributed by atoms with Gasteiger partial charge >= 0.3 is 0 Å². The molecule has 3 atom stereocenters. The molecule has 0 radical (unpaired) electrons. The van der Waals surface area contributed by atoms with E-state index in [1.54, 1.807) is 14.2 Å². The number of fused-ring (bicyclic) bond motifs is 1. The molecule has 244 valence electrons. The minimum atomic E-state index is -0.0484. The van der Waals surface area contributed by atoms with Crippen LogP contribution in [0.2, 0.25) is 0 Å². The molecule has 0 aromatic heterocycles. The molecule has 1 fully saturated rings. The molecule has 2 aliphatic heterocycles. The molecule has 1 amide bonds. The third kappa shape index (κ3) is 9.65. The first-order chi connectivity index (χ1) is 21.6. The number of carbonyl (C=O) groups excluding carboxylic acids is 1. The first-order valence-corrected chi connectivity index (χ1v) is 16.3. The topological polar surface area (TPSA) is 90.5 Å². The average molecular weight is 612 g/mol. The van der Waals surface area contributed by atoms with E-state index >= 15 is 0 Å². The van der Waals surface area contributed by atoms with Crippen molar-refractivity contribution in [2.24, 2.45) is 11.8 Å². The van der Waals surface area contributed by atoms with Crippen molar-refractivity contribution in [3.05, 3.63) is 59.2 Å². The molecule has 2 aromatic rings. The molecular formula is C35H53N3O6. The van der Waals surface area contributed by atoms with E-state index in [9.17, 15) is 4.79 Å². The van der Waals surface area contributed by atoms with Crippen LogP contribution in [0, 0.1) is 11.8 Å². The average Bonchev–Trinajstić information content (AvgIpc) is 3.06. The first-order valence-electron chi connectivity index (χ1n) is 16.3. The fraction of sp³-hybridized carbons (Fsp3) is 0.629. The summed E-state index contributed by atoms with van der Waals surface area (Å²) in [7, 11) is 3.42. The zero-order valence-electron chi connectivity index (χ0n) is 27.1. The monoisotopic (exact) mass is 611 g/mol. The molecule has 2 aliphatic rings. The summed E-state index contributed by atoms with van der Waals surface area (Å²) >= 11 is 0. The summed E-state index contributed by atoms with van der Waals surface area (Å²) in [6, 6.07) is 15.1. The van der Waals surface area contributed by atoms with Gasteiger partial charge < -0.3 is 39.2 Å². The highest BCUT2D eigenvalue weighted by Gasteiger charge is 2.36. The Bertz CT molecular complexity index is 1130. The zero-order chi connectivity index (χ0) is 31.1. The number of methoxy groups -OCH3 is 2. The van der Waals surface area contributed by atoms with E-state index < -0.39 is 0 Å². The summed E-state index contributed by atoms with van der Waals surface area (Å²) in [5, 5.41) is 6.86. The number of hydrogen-bond donors (Lipinski definition) is 2. The Balaban J connectivity index is 1.48. The molecule has 9 nitrogen and oxygen atoms in total. The number of rotatable bonds is 18. The summed E-state index contributed by atoms with van der Waals surface area (Å²) in [5.41, 5.74) is 4.60. The van der Waals surface area contributed by atoms with Crippen LogP contribution >= 0.6 is 0 Å². The smallest absolute Gasteiger partial charge is 0.223 e. The minimum absolute atomic E-state index is 0.0484. The molecule has 9 heteroatoms. The number of piperidine rings is 1. The largest absolute Gasteiger partial charge is 0.490 e. The van der Waals surface area contributed by atoms with E-state index in [2.05, 4.69) is 71.8 Å². The molecule has 4 rings (SSSR count). The Hall–Kier alpha value is -2.69. The second kappa shape index (κ2) is 18.3. The number of ether oxygens (including phenoxy) is 5. The summed E-state index contributed by atoms with van der Waals surface area (Å²) < 4.78 is 28.8. The standard InChI is InChI=1S/C35H53N3O6/c1-5-28(6-2)35(39)37-22-30-21-36-23-33(34(30)29-11-8-26(9-12-29)24-42-19-18-41-4)44-25-27-10-13-32-31(20-27)38(15-17-43-32)14-7-16-40-3/h8-13,20,28,30,33-34,36H,5-7,14-19,21-25H2,1-4H3,(H,37,39)/t30-,33-,34-/m0/s1. The molecule has 44 heavy (non-hydrogen) atoms. The lowest BCUT2D eigenvalue weighted by Gasteiger charge is -2.39. The van der Waals surface area contributed by atoms with Crippen LogP contribution in [0.3, 0.4) is 0 Å². The number of anilines is 1. The van der Waals surface area contributed by atoms with Gasteiger partial charge in [-0.2, -0.15) is 0 Å². The predicted octanol–water partition coefficient (Wildman–Crippen LogP) is 4.53. The van der Waals surface area contributed by atoms with Crippen molar-refractivity contribution in [1.82, 2.24) is 10.6 Å². The van der Waals surface area contributed by atoms with Gasteiger partial charge in [0.1, 0.15) is 12.4 Å². The predicted molar refractivity (Wildman–Crippen MR) is 173 cm³/mol. The van der Waals surface area contributed by atoms with Gasteiger partial charge in [-0.3, -0.25) is 4.79 Å². The lowest BCUT2D eigenvalue weighted by Crippen LogP contribution is -2.50. The van der Waals surface area contributed by atoms with Gasteiger partial charge in [-0.1, -0.05) is 44.2 Å². The number of nitrogens with zero attached hydrogens (tertiary/aromatic N) is 1. The van der Waals surface area contributed by atoms with Gasteiger partial charge in [-0.05, 0) is 54.0 Å². The van der Waals surface area contributed by atoms with Gasteiger partial charge in [0, 0.05) is 58.8 Å². The molecule has 0 bridgehead atoms. The number of hydrogen-bond acceptors (Lipinski definition) is 8. The van der Waals surface area contributed by atoms with E-state index in [1.807, 2.05) is 0 Å². The number of nitrogens with one attached hydrogen (secondary N) is 2. The Morgan fingerprint density at radius 1 is 1.00 bits per heavy atom. The van der Waals surface area contributed by atoms with Gasteiger partial charge in [0.25, 0.3) is 0 Å². The van der Waals surface area contributed by atoms with Crippen LogP contribution in [0.5, 0.6) is 5.75 Å². The van der Waals surface area contributed by atoms with Crippen molar-refractivity contribution in [3.63, 3.8) is 0 Å². The van der Waals surface area contributed by atoms with Crippen molar-refractivity contribution in [2.75, 3.05) is 78.3 Å². The van der Waals surface area contributed by atoms with Crippen LogP contribution in [0.25, 0.3) is 0 Å². The maximum Gasteiger partial charge on any atom is 0.223 e. The Kier molecular flexibility index (Phi) is 14.2. The normalized spacial score (nSPS) is 19.9. The van der Waals surface area contributed by atoms with Crippen molar-refractivity contribution in [3.8, 4) is 5.75 Å². The van der Waals surface area contributed by atoms with Crippen LogP contribution < -0.4 is 20.3 Å². The van der Waals surface area contributed by atoms with E-state index in [4.69, 9.17) is 23.7 Å².